The molecule has 0 aliphatic heterocycles. The van der Waals surface area contributed by atoms with E-state index in [1.165, 1.54) is 12.1 Å². The maximum Gasteiger partial charge on any atom is 0.184 e. The van der Waals surface area contributed by atoms with Crippen molar-refractivity contribution in [1.29, 1.82) is 0 Å². The highest BCUT2D eigenvalue weighted by Crippen LogP contribution is 2.31. The molecule has 6 rings (SSSR count). The quantitative estimate of drug-likeness (QED) is 0.210. The summed E-state index contributed by atoms with van der Waals surface area (Å²) in [5.41, 5.74) is 2.59. The zero-order chi connectivity index (χ0) is 28.2. The highest BCUT2D eigenvalue weighted by Gasteiger charge is 2.20. The van der Waals surface area contributed by atoms with Crippen molar-refractivity contribution in [3.8, 4) is 17.3 Å². The molecule has 0 bridgehead atoms. The minimum absolute atomic E-state index is 0.123. The van der Waals surface area contributed by atoms with Gasteiger partial charge in [0.15, 0.2) is 5.82 Å². The van der Waals surface area contributed by atoms with Gasteiger partial charge in [-0.2, -0.15) is 5.10 Å². The van der Waals surface area contributed by atoms with Crippen LogP contribution in [0.2, 0.25) is 0 Å². The van der Waals surface area contributed by atoms with Gasteiger partial charge in [0.25, 0.3) is 0 Å². The van der Waals surface area contributed by atoms with Crippen molar-refractivity contribution >= 4 is 33.9 Å². The SMILES string of the molecule is CCOc1cc(F)c(Cn2nc(-c3nc(Nc4ccncc4)cc(Nc4ccncc4)n3)c3ccccc32)c(F)c1. The van der Waals surface area contributed by atoms with E-state index >= 15 is 0 Å². The van der Waals surface area contributed by atoms with Gasteiger partial charge in [-0.3, -0.25) is 14.6 Å². The van der Waals surface area contributed by atoms with Crippen molar-refractivity contribution in [2.24, 2.45) is 0 Å². The van der Waals surface area contributed by atoms with Crippen LogP contribution in [-0.2, 0) is 6.54 Å². The van der Waals surface area contributed by atoms with E-state index in [4.69, 9.17) is 19.8 Å². The predicted octanol–water partition coefficient (Wildman–Crippen LogP) is 6.50. The molecular formula is C30H24F2N8O. The van der Waals surface area contributed by atoms with Crippen molar-refractivity contribution in [2.45, 2.75) is 13.5 Å². The maximum absolute atomic E-state index is 15.0. The first-order chi connectivity index (χ1) is 20.1. The molecule has 0 saturated heterocycles. The second kappa shape index (κ2) is 11.3. The number of pyridine rings is 2. The van der Waals surface area contributed by atoms with Crippen LogP contribution in [0.15, 0.2) is 91.5 Å². The Bertz CT molecular complexity index is 1730. The van der Waals surface area contributed by atoms with Gasteiger partial charge < -0.3 is 15.4 Å². The molecule has 0 atom stereocenters. The number of hydrogen-bond acceptors (Lipinski definition) is 8. The summed E-state index contributed by atoms with van der Waals surface area (Å²) in [6, 6.07) is 18.8. The van der Waals surface area contributed by atoms with Gasteiger partial charge in [-0.1, -0.05) is 18.2 Å². The van der Waals surface area contributed by atoms with Gasteiger partial charge in [0.1, 0.15) is 34.7 Å². The van der Waals surface area contributed by atoms with E-state index in [0.717, 1.165) is 16.8 Å². The number of rotatable bonds is 9. The minimum Gasteiger partial charge on any atom is -0.494 e. The lowest BCUT2D eigenvalue weighted by atomic mass is 10.1. The van der Waals surface area contributed by atoms with Gasteiger partial charge in [0.05, 0.1) is 18.7 Å². The van der Waals surface area contributed by atoms with E-state index in [-0.39, 0.29) is 17.9 Å². The lowest BCUT2D eigenvalue weighted by Crippen LogP contribution is -2.07. The number of ether oxygens (including phenoxy) is 1. The zero-order valence-corrected chi connectivity index (χ0v) is 21.9. The maximum atomic E-state index is 15.0. The number of hydrogen-bond donors (Lipinski definition) is 2. The van der Waals surface area contributed by atoms with E-state index in [9.17, 15) is 8.78 Å². The minimum atomic E-state index is -0.710. The van der Waals surface area contributed by atoms with Crippen molar-refractivity contribution < 1.29 is 13.5 Å². The summed E-state index contributed by atoms with van der Waals surface area (Å²) in [6.07, 6.45) is 6.70. The van der Waals surface area contributed by atoms with Crippen LogP contribution < -0.4 is 15.4 Å². The average molecular weight is 551 g/mol. The Balaban J connectivity index is 1.43. The summed E-state index contributed by atoms with van der Waals surface area (Å²) in [6.45, 7) is 1.92. The average Bonchev–Trinajstić information content (AvgIpc) is 3.35. The first-order valence-electron chi connectivity index (χ1n) is 12.9. The third-order valence-electron chi connectivity index (χ3n) is 6.23. The molecule has 0 radical (unpaired) electrons. The summed E-state index contributed by atoms with van der Waals surface area (Å²) < 4.78 is 36.7. The summed E-state index contributed by atoms with van der Waals surface area (Å²) in [5.74, 6) is 0.0676. The third kappa shape index (κ3) is 5.64. The fourth-order valence-corrected chi connectivity index (χ4v) is 4.39. The fourth-order valence-electron chi connectivity index (χ4n) is 4.39. The van der Waals surface area contributed by atoms with Crippen LogP contribution >= 0.6 is 0 Å². The van der Waals surface area contributed by atoms with E-state index in [1.807, 2.05) is 48.5 Å². The summed E-state index contributed by atoms with van der Waals surface area (Å²) >= 11 is 0. The van der Waals surface area contributed by atoms with Gasteiger partial charge in [0, 0.05) is 65.3 Å². The number of aromatic nitrogens is 6. The Hall–Kier alpha value is -5.45. The predicted molar refractivity (Wildman–Crippen MR) is 152 cm³/mol. The van der Waals surface area contributed by atoms with Gasteiger partial charge in [-0.25, -0.2) is 18.7 Å². The van der Waals surface area contributed by atoms with E-state index in [1.54, 1.807) is 42.5 Å². The second-order valence-corrected chi connectivity index (χ2v) is 9.01. The number of fused-ring (bicyclic) bond motifs is 1. The normalized spacial score (nSPS) is 11.0. The first kappa shape index (κ1) is 25.8. The molecule has 0 aliphatic rings. The number of halogens is 2. The standard InChI is InChI=1S/C30H24F2N8O/c1-2-41-21-15-24(31)23(25(32)16-21)18-40-26-6-4-3-5-22(26)29(39-40)30-37-27(35-19-7-11-33-12-8-19)17-28(38-30)36-20-9-13-34-14-10-20/h3-17H,2,18H2,1H3,(H2,33,34,35,36,37,38). The molecule has 0 spiro atoms. The van der Waals surface area contributed by atoms with Gasteiger partial charge in [-0.15, -0.1) is 0 Å². The van der Waals surface area contributed by atoms with Crippen molar-refractivity contribution in [2.75, 3.05) is 17.2 Å². The van der Waals surface area contributed by atoms with Gasteiger partial charge in [-0.05, 0) is 37.3 Å². The number of nitrogens with zero attached hydrogens (tertiary/aromatic N) is 6. The Morgan fingerprint density at radius 3 is 1.95 bits per heavy atom. The Morgan fingerprint density at radius 2 is 1.37 bits per heavy atom. The monoisotopic (exact) mass is 550 g/mol. The lowest BCUT2D eigenvalue weighted by Gasteiger charge is -2.11. The van der Waals surface area contributed by atoms with Crippen molar-refractivity contribution in [1.82, 2.24) is 29.7 Å². The highest BCUT2D eigenvalue weighted by atomic mass is 19.1. The Kier molecular flexibility index (Phi) is 7.14. The summed E-state index contributed by atoms with van der Waals surface area (Å²) in [4.78, 5) is 17.6. The molecule has 2 aromatic carbocycles. The van der Waals surface area contributed by atoms with Crippen molar-refractivity contribution in [3.05, 3.63) is 109 Å². The zero-order valence-electron chi connectivity index (χ0n) is 21.9. The Labute approximate surface area is 233 Å². The number of benzene rings is 2. The number of nitrogens with one attached hydrogen (secondary N) is 2. The molecule has 0 aliphatic carbocycles. The van der Waals surface area contributed by atoms with Gasteiger partial charge >= 0.3 is 0 Å². The molecule has 9 nitrogen and oxygen atoms in total. The van der Waals surface area contributed by atoms with Crippen LogP contribution in [0.5, 0.6) is 5.75 Å². The molecule has 6 aromatic rings. The van der Waals surface area contributed by atoms with E-state index in [2.05, 4.69) is 20.6 Å². The molecule has 2 N–H and O–H groups in total. The number of anilines is 4. The van der Waals surface area contributed by atoms with Crippen LogP contribution in [0.4, 0.5) is 31.8 Å². The molecule has 4 heterocycles. The summed E-state index contributed by atoms with van der Waals surface area (Å²) in [5, 5.41) is 12.0. The van der Waals surface area contributed by atoms with Crippen LogP contribution in [0.25, 0.3) is 22.4 Å². The Morgan fingerprint density at radius 1 is 0.780 bits per heavy atom. The third-order valence-corrected chi connectivity index (χ3v) is 6.23. The molecule has 11 heteroatoms. The molecule has 0 amide bonds. The van der Waals surface area contributed by atoms with Crippen LogP contribution in [0.3, 0.4) is 0 Å². The smallest absolute Gasteiger partial charge is 0.184 e. The van der Waals surface area contributed by atoms with Crippen LogP contribution in [0, 0.1) is 11.6 Å². The van der Waals surface area contributed by atoms with Crippen molar-refractivity contribution in [3.63, 3.8) is 0 Å². The lowest BCUT2D eigenvalue weighted by molar-refractivity contribution is 0.335. The number of para-hydroxylation sites is 1. The molecule has 41 heavy (non-hydrogen) atoms. The van der Waals surface area contributed by atoms with Crippen LogP contribution in [0.1, 0.15) is 12.5 Å². The molecular weight excluding hydrogens is 526 g/mol. The topological polar surface area (TPSA) is 103 Å². The largest absolute Gasteiger partial charge is 0.494 e. The first-order valence-corrected chi connectivity index (χ1v) is 12.9. The molecule has 0 fully saturated rings. The molecule has 0 saturated carbocycles. The molecule has 0 unspecified atom stereocenters. The van der Waals surface area contributed by atoms with E-state index in [0.29, 0.717) is 35.3 Å². The van der Waals surface area contributed by atoms with Gasteiger partial charge in [0.2, 0.25) is 0 Å². The van der Waals surface area contributed by atoms with Crippen LogP contribution in [-0.4, -0.2) is 36.3 Å². The van der Waals surface area contributed by atoms with E-state index < -0.39 is 11.6 Å². The second-order valence-electron chi connectivity index (χ2n) is 9.01. The molecule has 4 aromatic heterocycles. The fraction of sp³-hybridized carbons (Fsp3) is 0.100. The highest BCUT2D eigenvalue weighted by molar-refractivity contribution is 5.92. The molecule has 204 valence electrons. The summed E-state index contributed by atoms with van der Waals surface area (Å²) in [7, 11) is 0.